The molecule has 24 unspecified atom stereocenters. The summed E-state index contributed by atoms with van der Waals surface area (Å²) >= 11 is 0. The highest BCUT2D eigenvalue weighted by Gasteiger charge is 2.86. The van der Waals surface area contributed by atoms with Crippen LogP contribution in [0.2, 0.25) is 0 Å². The van der Waals surface area contributed by atoms with Gasteiger partial charge in [-0.2, -0.15) is 0 Å². The summed E-state index contributed by atoms with van der Waals surface area (Å²) in [6, 6.07) is 26.5. The standard InChI is InChI=1S/C73H89NO8/c1-42-48-18-17-45(28-48)27-43-10-8-11-44(26-43)29-56-34-54-32-52-30-50(46-12-4-3-5-13-46)20-21-60(52)70(54)40-69(41-76)63-23-25-68-24-7-6-14-47-15-9-16-51(39-75)57(47)35-62(74-2)58-33-53(65(68)59-36-64(77)82-66(58)59)37-72(68,79)71(63,78)38-55-31-49(42)19-22-61(67(70)81-56)73(55,69)80/h3-5,8-13,15-16,26,36,41-42,45,48-50,52-56,58,60-63,65-67,74-75,78-80H,7,17-25,27-35,37-40H2,1-2H3. The van der Waals surface area contributed by atoms with Gasteiger partial charge in [-0.15, -0.1) is 0 Å². The van der Waals surface area contributed by atoms with Crippen molar-refractivity contribution < 1.29 is 39.5 Å². The van der Waals surface area contributed by atoms with E-state index in [1.54, 1.807) is 6.08 Å². The van der Waals surface area contributed by atoms with Crippen molar-refractivity contribution in [1.82, 2.24) is 5.32 Å². The number of hydrogen-bond donors (Lipinski definition) is 5. The number of aliphatic hydroxyl groups is 4. The van der Waals surface area contributed by atoms with Crippen molar-refractivity contribution in [3.63, 3.8) is 0 Å². The molecule has 9 nitrogen and oxygen atoms in total. The minimum absolute atomic E-state index is 0.00103. The summed E-state index contributed by atoms with van der Waals surface area (Å²) < 4.78 is 14.5. The van der Waals surface area contributed by atoms with E-state index in [1.165, 1.54) is 42.2 Å². The molecule has 3 heterocycles. The normalized spacial score (nSPS) is 49.1. The van der Waals surface area contributed by atoms with Gasteiger partial charge in [-0.05, 0) is 246 Å². The Labute approximate surface area is 486 Å². The molecule has 1 saturated heterocycles. The lowest BCUT2D eigenvalue weighted by molar-refractivity contribution is -0.370. The molecule has 12 bridgehead atoms. The zero-order valence-electron chi connectivity index (χ0n) is 48.7. The van der Waals surface area contributed by atoms with Gasteiger partial charge < -0.3 is 40.0 Å². The van der Waals surface area contributed by atoms with Crippen LogP contribution in [0.4, 0.5) is 0 Å². The molecule has 9 heteroatoms. The molecular formula is C73H89NO8. The quantitative estimate of drug-likeness (QED) is 0.0979. The van der Waals surface area contributed by atoms with Crippen LogP contribution in [0.1, 0.15) is 168 Å². The van der Waals surface area contributed by atoms with Crippen LogP contribution in [0.5, 0.6) is 0 Å². The van der Waals surface area contributed by atoms with Crippen LogP contribution < -0.4 is 5.32 Å². The molecule has 11 aliphatic carbocycles. The maximum atomic E-state index is 15.9. The monoisotopic (exact) mass is 1110 g/mol. The minimum Gasteiger partial charge on any atom is -0.454 e. The van der Waals surface area contributed by atoms with Crippen LogP contribution in [-0.2, 0) is 44.9 Å². The van der Waals surface area contributed by atoms with Crippen molar-refractivity contribution >= 4 is 12.3 Å². The molecule has 17 rings (SSSR count). The highest BCUT2D eigenvalue weighted by atomic mass is 16.5. The fourth-order valence-electron chi connectivity index (χ4n) is 25.0. The third kappa shape index (κ3) is 7.21. The SMILES string of the molecule is CNC1Cc2c(cccc2CO)C#CCCC23CCC4C(O)(CC5CC6CCC7C8OC(Cc9cccc(c9)CC9CCC(C9)C6C)CC6CC9CC(c%10ccccc%10)CCC9C68CC4(C=O)C57O)C2(O)CC2CC1C1OC(=O)C=C1C23. The lowest BCUT2D eigenvalue weighted by Gasteiger charge is -2.75. The number of hydrogen-bond acceptors (Lipinski definition) is 9. The second-order valence-electron chi connectivity index (χ2n) is 30.4. The Morgan fingerprint density at radius 1 is 0.768 bits per heavy atom. The Hall–Kier alpha value is -4.14. The van der Waals surface area contributed by atoms with Crippen LogP contribution in [0.15, 0.2) is 84.4 Å². The highest BCUT2D eigenvalue weighted by Crippen LogP contribution is 2.81. The first kappa shape index (κ1) is 53.3. The van der Waals surface area contributed by atoms with Crippen LogP contribution >= 0.6 is 0 Å². The zero-order valence-corrected chi connectivity index (χ0v) is 48.7. The van der Waals surface area contributed by atoms with E-state index in [0.717, 1.165) is 86.5 Å². The Balaban J connectivity index is 0.871. The van der Waals surface area contributed by atoms with Gasteiger partial charge in [0.2, 0.25) is 0 Å². The minimum atomic E-state index is -1.73. The first-order valence-corrected chi connectivity index (χ1v) is 33.0. The van der Waals surface area contributed by atoms with Gasteiger partial charge in [0.15, 0.2) is 0 Å². The molecule has 14 aliphatic rings. The fourth-order valence-corrected chi connectivity index (χ4v) is 25.0. The van der Waals surface area contributed by atoms with E-state index in [4.69, 9.17) is 9.47 Å². The first-order valence-electron chi connectivity index (χ1n) is 33.0. The molecule has 3 aromatic carbocycles. The second kappa shape index (κ2) is 19.2. The highest BCUT2D eigenvalue weighted by molar-refractivity contribution is 5.86. The summed E-state index contributed by atoms with van der Waals surface area (Å²) in [4.78, 5) is 29.8. The Morgan fingerprint density at radius 2 is 1.56 bits per heavy atom. The molecule has 2 spiro atoms. The molecule has 3 aliphatic heterocycles. The van der Waals surface area contributed by atoms with Crippen LogP contribution in [0.25, 0.3) is 0 Å². The Bertz CT molecular complexity index is 3150. The molecule has 82 heavy (non-hydrogen) atoms. The van der Waals surface area contributed by atoms with E-state index in [0.29, 0.717) is 92.8 Å². The van der Waals surface area contributed by atoms with E-state index in [1.807, 2.05) is 25.2 Å². The smallest absolute Gasteiger partial charge is 0.331 e. The summed E-state index contributed by atoms with van der Waals surface area (Å²) in [6.07, 6.45) is 20.0. The van der Waals surface area contributed by atoms with Crippen molar-refractivity contribution in [2.45, 2.75) is 202 Å². The molecule has 3 aromatic rings. The summed E-state index contributed by atoms with van der Waals surface area (Å²) in [6.45, 7) is 2.41. The number of nitrogens with one attached hydrogen (secondary N) is 1. The predicted molar refractivity (Wildman–Crippen MR) is 312 cm³/mol. The molecule has 9 saturated carbocycles. The maximum absolute atomic E-state index is 15.9. The van der Waals surface area contributed by atoms with Gasteiger partial charge in [-0.3, -0.25) is 0 Å². The molecule has 0 amide bonds. The molecule has 24 atom stereocenters. The van der Waals surface area contributed by atoms with Crippen molar-refractivity contribution in [3.05, 3.63) is 118 Å². The number of rotatable bonds is 4. The first-order chi connectivity index (χ1) is 39.8. The lowest BCUT2D eigenvalue weighted by Crippen LogP contribution is -2.83. The summed E-state index contributed by atoms with van der Waals surface area (Å²) in [7, 11) is 1.98. The number of esters is 1. The number of carbonyl (C=O) groups is 2. The average molecular weight is 1110 g/mol. The van der Waals surface area contributed by atoms with Crippen molar-refractivity contribution in [2.75, 3.05) is 7.05 Å². The summed E-state index contributed by atoms with van der Waals surface area (Å²) in [5.74, 6) is 8.38. The number of benzene rings is 3. The van der Waals surface area contributed by atoms with Crippen molar-refractivity contribution in [2.24, 2.45) is 93.2 Å². The van der Waals surface area contributed by atoms with Gasteiger partial charge in [0.25, 0.3) is 0 Å². The molecule has 0 aromatic heterocycles. The van der Waals surface area contributed by atoms with Gasteiger partial charge in [0, 0.05) is 52.7 Å². The summed E-state index contributed by atoms with van der Waals surface area (Å²) in [5.41, 5.74) is 0.489. The van der Waals surface area contributed by atoms with Gasteiger partial charge >= 0.3 is 5.97 Å². The predicted octanol–water partition coefficient (Wildman–Crippen LogP) is 10.8. The number of carbonyl (C=O) groups excluding carboxylic acids is 2. The van der Waals surface area contributed by atoms with Gasteiger partial charge in [-0.25, -0.2) is 4.79 Å². The molecular weight excluding hydrogens is 1020 g/mol. The van der Waals surface area contributed by atoms with E-state index >= 15 is 20.1 Å². The zero-order chi connectivity index (χ0) is 55.7. The average Bonchev–Trinajstić information content (AvgIpc) is 1.24. The van der Waals surface area contributed by atoms with E-state index in [-0.39, 0.29) is 72.3 Å². The number of aldehydes is 1. The number of ether oxygens (including phenoxy) is 2. The third-order valence-corrected chi connectivity index (χ3v) is 28.0. The number of likely N-dealkylation sites (N-methyl/N-ethyl adjacent to an activating group) is 1. The van der Waals surface area contributed by atoms with Crippen LogP contribution in [-0.4, -0.2) is 80.9 Å². The fraction of sp³-hybridized carbons (Fsp3) is 0.671. The number of aliphatic hydroxyl groups excluding tert-OH is 1. The largest absolute Gasteiger partial charge is 0.454 e. The molecule has 434 valence electrons. The summed E-state index contributed by atoms with van der Waals surface area (Å²) in [5, 5.41) is 59.8. The topological polar surface area (TPSA) is 146 Å². The van der Waals surface area contributed by atoms with E-state index < -0.39 is 45.6 Å². The maximum Gasteiger partial charge on any atom is 0.331 e. The number of fused-ring (bicyclic) bond motifs is 14. The van der Waals surface area contributed by atoms with E-state index in [2.05, 4.69) is 78.7 Å². The van der Waals surface area contributed by atoms with Gasteiger partial charge in [0.05, 0.1) is 35.4 Å². The lowest BCUT2D eigenvalue weighted by atomic mass is 9.32. The van der Waals surface area contributed by atoms with Crippen LogP contribution in [0, 0.1) is 105 Å². The Morgan fingerprint density at radius 3 is 2.39 bits per heavy atom. The molecule has 5 N–H and O–H groups in total. The van der Waals surface area contributed by atoms with Crippen molar-refractivity contribution in [1.29, 1.82) is 0 Å². The van der Waals surface area contributed by atoms with Gasteiger partial charge in [0.1, 0.15) is 18.0 Å². The molecule has 10 fully saturated rings. The second-order valence-corrected chi connectivity index (χ2v) is 30.4. The van der Waals surface area contributed by atoms with Crippen LogP contribution in [0.3, 0.4) is 0 Å². The Kier molecular flexibility index (Phi) is 12.5. The third-order valence-electron chi connectivity index (χ3n) is 28.0. The van der Waals surface area contributed by atoms with E-state index in [9.17, 15) is 9.90 Å². The molecule has 0 radical (unpaired) electrons. The van der Waals surface area contributed by atoms with Gasteiger partial charge in [-0.1, -0.05) is 85.5 Å². The van der Waals surface area contributed by atoms with Crippen molar-refractivity contribution in [3.8, 4) is 11.8 Å².